The lowest BCUT2D eigenvalue weighted by Crippen LogP contribution is -2.35. The van der Waals surface area contributed by atoms with Crippen LogP contribution >= 0.6 is 0 Å². The molecule has 0 aliphatic carbocycles. The first-order valence-corrected chi connectivity index (χ1v) is 7.39. The van der Waals surface area contributed by atoms with Gasteiger partial charge in [0.2, 0.25) is 0 Å². The zero-order chi connectivity index (χ0) is 17.9. The van der Waals surface area contributed by atoms with E-state index in [0.29, 0.717) is 11.3 Å². The third-order valence-corrected chi connectivity index (χ3v) is 3.37. The van der Waals surface area contributed by atoms with Crippen LogP contribution in [0.2, 0.25) is 0 Å². The highest BCUT2D eigenvalue weighted by Crippen LogP contribution is 2.23. The third kappa shape index (κ3) is 4.41. The van der Waals surface area contributed by atoms with Crippen molar-refractivity contribution in [2.75, 3.05) is 6.54 Å². The van der Waals surface area contributed by atoms with Crippen LogP contribution in [-0.4, -0.2) is 33.6 Å². The zero-order valence-corrected chi connectivity index (χ0v) is 13.7. The van der Waals surface area contributed by atoms with Gasteiger partial charge in [-0.2, -0.15) is 0 Å². The molecular formula is C17H19FN2O4. The second-order valence-corrected chi connectivity index (χ2v) is 6.51. The van der Waals surface area contributed by atoms with Gasteiger partial charge in [0.25, 0.3) is 5.91 Å². The molecule has 0 saturated heterocycles. The lowest BCUT2D eigenvalue weighted by atomic mass is 9.93. The first-order chi connectivity index (χ1) is 11.2. The van der Waals surface area contributed by atoms with Crippen LogP contribution in [0.25, 0.3) is 0 Å². The molecule has 0 saturated carbocycles. The molecule has 0 unspecified atom stereocenters. The summed E-state index contributed by atoms with van der Waals surface area (Å²) in [7, 11) is 0. The van der Waals surface area contributed by atoms with Gasteiger partial charge >= 0.3 is 5.97 Å². The van der Waals surface area contributed by atoms with E-state index in [0.717, 1.165) is 4.90 Å². The summed E-state index contributed by atoms with van der Waals surface area (Å²) in [5.74, 6) is -1.57. The highest BCUT2D eigenvalue weighted by Gasteiger charge is 2.26. The molecule has 1 N–H and O–H groups in total. The normalized spacial score (nSPS) is 11.3. The Kier molecular flexibility index (Phi) is 5.02. The highest BCUT2D eigenvalue weighted by molar-refractivity contribution is 5.94. The molecule has 0 atom stereocenters. The number of carboxylic acids is 1. The van der Waals surface area contributed by atoms with Crippen LogP contribution in [0.3, 0.4) is 0 Å². The van der Waals surface area contributed by atoms with Crippen LogP contribution < -0.4 is 0 Å². The summed E-state index contributed by atoms with van der Waals surface area (Å²) < 4.78 is 18.2. The van der Waals surface area contributed by atoms with Crippen LogP contribution in [0, 0.1) is 5.82 Å². The fourth-order valence-electron chi connectivity index (χ4n) is 2.06. The van der Waals surface area contributed by atoms with Gasteiger partial charge < -0.3 is 14.5 Å². The number of amides is 1. The first kappa shape index (κ1) is 17.7. The minimum Gasteiger partial charge on any atom is -0.480 e. The van der Waals surface area contributed by atoms with Crippen LogP contribution in [0.1, 0.15) is 42.6 Å². The molecule has 0 bridgehead atoms. The summed E-state index contributed by atoms with van der Waals surface area (Å²) in [6, 6.07) is 7.03. The van der Waals surface area contributed by atoms with Gasteiger partial charge in [-0.05, 0) is 17.7 Å². The molecule has 1 aromatic heterocycles. The highest BCUT2D eigenvalue weighted by atomic mass is 19.1. The molecule has 2 aromatic rings. The maximum absolute atomic E-state index is 13.0. The molecule has 1 heterocycles. The fraction of sp³-hybridized carbons (Fsp3) is 0.353. The van der Waals surface area contributed by atoms with Gasteiger partial charge in [-0.1, -0.05) is 38.1 Å². The SMILES string of the molecule is CC(C)(C)c1cc(C(=O)N(CC(=O)O)Cc2ccc(F)cc2)no1. The molecule has 0 aliphatic rings. The van der Waals surface area contributed by atoms with Crippen LogP contribution in [0.15, 0.2) is 34.9 Å². The van der Waals surface area contributed by atoms with E-state index in [1.54, 1.807) is 0 Å². The van der Waals surface area contributed by atoms with Crippen molar-refractivity contribution >= 4 is 11.9 Å². The largest absolute Gasteiger partial charge is 0.480 e. The Hall–Kier alpha value is -2.70. The Morgan fingerprint density at radius 1 is 1.25 bits per heavy atom. The Labute approximate surface area is 138 Å². The molecular weight excluding hydrogens is 315 g/mol. The molecule has 2 rings (SSSR count). The van der Waals surface area contributed by atoms with E-state index in [1.807, 2.05) is 20.8 Å². The predicted molar refractivity (Wildman–Crippen MR) is 84.0 cm³/mol. The van der Waals surface area contributed by atoms with Crippen molar-refractivity contribution in [2.24, 2.45) is 0 Å². The molecule has 7 heteroatoms. The summed E-state index contributed by atoms with van der Waals surface area (Å²) in [5.41, 5.74) is 0.342. The molecule has 1 aromatic carbocycles. The van der Waals surface area contributed by atoms with Gasteiger partial charge in [-0.15, -0.1) is 0 Å². The maximum Gasteiger partial charge on any atom is 0.323 e. The van der Waals surface area contributed by atoms with Crippen LogP contribution in [0.4, 0.5) is 4.39 Å². The van der Waals surface area contributed by atoms with Crippen molar-refractivity contribution in [1.82, 2.24) is 10.1 Å². The molecule has 0 spiro atoms. The van der Waals surface area contributed by atoms with Gasteiger partial charge in [0, 0.05) is 18.0 Å². The van der Waals surface area contributed by atoms with Crippen molar-refractivity contribution in [3.63, 3.8) is 0 Å². The number of nitrogens with zero attached hydrogens (tertiary/aromatic N) is 2. The van der Waals surface area contributed by atoms with Gasteiger partial charge in [0.15, 0.2) is 5.69 Å². The second-order valence-electron chi connectivity index (χ2n) is 6.51. The maximum atomic E-state index is 13.0. The zero-order valence-electron chi connectivity index (χ0n) is 13.7. The van der Waals surface area contributed by atoms with Gasteiger partial charge in [-0.25, -0.2) is 4.39 Å². The molecule has 1 amide bonds. The summed E-state index contributed by atoms with van der Waals surface area (Å²) in [4.78, 5) is 24.7. The van der Waals surface area contributed by atoms with Crippen molar-refractivity contribution in [1.29, 1.82) is 0 Å². The van der Waals surface area contributed by atoms with Crippen molar-refractivity contribution < 1.29 is 23.6 Å². The van der Waals surface area contributed by atoms with E-state index < -0.39 is 24.2 Å². The Morgan fingerprint density at radius 2 is 1.88 bits per heavy atom. The van der Waals surface area contributed by atoms with Gasteiger partial charge in [-0.3, -0.25) is 9.59 Å². The summed E-state index contributed by atoms with van der Waals surface area (Å²) in [5, 5.41) is 12.8. The number of rotatable bonds is 5. The van der Waals surface area contributed by atoms with E-state index in [2.05, 4.69) is 5.16 Å². The minimum atomic E-state index is -1.15. The monoisotopic (exact) mass is 334 g/mol. The molecule has 0 fully saturated rings. The number of benzene rings is 1. The van der Waals surface area contributed by atoms with E-state index in [9.17, 15) is 14.0 Å². The van der Waals surface area contributed by atoms with Crippen LogP contribution in [0.5, 0.6) is 0 Å². The molecule has 0 aliphatic heterocycles. The number of carbonyl (C=O) groups excluding carboxylic acids is 1. The number of hydrogen-bond donors (Lipinski definition) is 1. The van der Waals surface area contributed by atoms with E-state index in [4.69, 9.17) is 9.63 Å². The summed E-state index contributed by atoms with van der Waals surface area (Å²) in [6.07, 6.45) is 0. The van der Waals surface area contributed by atoms with E-state index in [-0.39, 0.29) is 17.7 Å². The second kappa shape index (κ2) is 6.82. The van der Waals surface area contributed by atoms with E-state index in [1.165, 1.54) is 30.3 Å². The van der Waals surface area contributed by atoms with Gasteiger partial charge in [0.1, 0.15) is 18.1 Å². The quantitative estimate of drug-likeness (QED) is 0.909. The molecule has 24 heavy (non-hydrogen) atoms. The molecule has 128 valence electrons. The number of aliphatic carboxylic acids is 1. The molecule has 6 nitrogen and oxygen atoms in total. The van der Waals surface area contributed by atoms with Crippen molar-refractivity contribution in [3.8, 4) is 0 Å². The van der Waals surface area contributed by atoms with E-state index >= 15 is 0 Å². The fourth-order valence-corrected chi connectivity index (χ4v) is 2.06. The average molecular weight is 334 g/mol. The Bertz CT molecular complexity index is 732. The van der Waals surface area contributed by atoms with Crippen molar-refractivity contribution in [2.45, 2.75) is 32.7 Å². The number of carboxylic acid groups (broad SMARTS) is 1. The summed E-state index contributed by atoms with van der Waals surface area (Å²) in [6.45, 7) is 5.27. The third-order valence-electron chi connectivity index (χ3n) is 3.37. The average Bonchev–Trinajstić information content (AvgIpc) is 2.97. The molecule has 0 radical (unpaired) electrons. The Balaban J connectivity index is 2.23. The minimum absolute atomic E-state index is 0.0309. The lowest BCUT2D eigenvalue weighted by molar-refractivity contribution is -0.137. The summed E-state index contributed by atoms with van der Waals surface area (Å²) >= 11 is 0. The van der Waals surface area contributed by atoms with Crippen LogP contribution in [-0.2, 0) is 16.8 Å². The number of hydrogen-bond acceptors (Lipinski definition) is 4. The van der Waals surface area contributed by atoms with Gasteiger partial charge in [0.05, 0.1) is 0 Å². The first-order valence-electron chi connectivity index (χ1n) is 7.39. The number of halogens is 1. The number of carbonyl (C=O) groups is 2. The van der Waals surface area contributed by atoms with Crippen molar-refractivity contribution in [3.05, 3.63) is 53.2 Å². The standard InChI is InChI=1S/C17H19FN2O4/c1-17(2,3)14-8-13(19-24-14)16(23)20(10-15(21)22)9-11-4-6-12(18)7-5-11/h4-8H,9-10H2,1-3H3,(H,21,22). The number of aromatic nitrogens is 1. The smallest absolute Gasteiger partial charge is 0.323 e. The predicted octanol–water partition coefficient (Wildman–Crippen LogP) is 2.84. The topological polar surface area (TPSA) is 83.6 Å². The lowest BCUT2D eigenvalue weighted by Gasteiger charge is -2.19. The Morgan fingerprint density at radius 3 is 2.38 bits per heavy atom.